The lowest BCUT2D eigenvalue weighted by molar-refractivity contribution is -0.114. The lowest BCUT2D eigenvalue weighted by atomic mass is 10.0. The Bertz CT molecular complexity index is 1380. The van der Waals surface area contributed by atoms with Crippen molar-refractivity contribution in [1.29, 1.82) is 0 Å². The van der Waals surface area contributed by atoms with Crippen molar-refractivity contribution in [2.45, 2.75) is 56.6 Å². The summed E-state index contributed by atoms with van der Waals surface area (Å²) in [5.74, 6) is 0.175. The maximum atomic E-state index is 13.4. The van der Waals surface area contributed by atoms with Crippen LogP contribution in [0.3, 0.4) is 0 Å². The van der Waals surface area contributed by atoms with Crippen LogP contribution in [0.4, 0.5) is 0 Å². The Morgan fingerprint density at radius 2 is 1.48 bits per heavy atom. The molecular weight excluding hydrogens is 591 g/mol. The van der Waals surface area contributed by atoms with E-state index in [1.807, 2.05) is 6.92 Å². The van der Waals surface area contributed by atoms with Gasteiger partial charge >= 0.3 is 7.60 Å². The highest BCUT2D eigenvalue weighted by atomic mass is 32.2. The number of carbonyl (C=O) groups is 1. The van der Waals surface area contributed by atoms with Crippen molar-refractivity contribution in [3.8, 4) is 28.7 Å². The summed E-state index contributed by atoms with van der Waals surface area (Å²) >= 11 is 0. The minimum Gasteiger partial charge on any atom is -0.493 e. The Labute approximate surface area is 246 Å². The SMILES string of the molecule is CCCOc1c(OCCCP(=O)(O)O)cc([C@H]2CC[C@H](c3cc(OC)c(OC)c(OC)c3)O2)cc1S(=O)(=O)CC(C)=O. The first-order valence-electron chi connectivity index (χ1n) is 13.5. The Hall–Kier alpha value is -2.83. The number of carbonyl (C=O) groups excluding carboxylic acids is 1. The van der Waals surface area contributed by atoms with Gasteiger partial charge in [0.2, 0.25) is 5.75 Å². The summed E-state index contributed by atoms with van der Waals surface area (Å²) in [5, 5.41) is 0. The first-order chi connectivity index (χ1) is 19.8. The van der Waals surface area contributed by atoms with E-state index < -0.39 is 41.2 Å². The molecule has 3 rings (SSSR count). The summed E-state index contributed by atoms with van der Waals surface area (Å²) in [6.45, 7) is 3.14. The van der Waals surface area contributed by atoms with Crippen molar-refractivity contribution in [2.75, 3.05) is 46.5 Å². The van der Waals surface area contributed by atoms with Gasteiger partial charge in [-0.1, -0.05) is 6.92 Å². The van der Waals surface area contributed by atoms with Crippen LogP contribution in [-0.2, 0) is 23.9 Å². The molecule has 1 aliphatic heterocycles. The molecule has 1 fully saturated rings. The zero-order chi connectivity index (χ0) is 31.1. The van der Waals surface area contributed by atoms with Crippen molar-refractivity contribution in [3.63, 3.8) is 0 Å². The van der Waals surface area contributed by atoms with E-state index in [0.29, 0.717) is 42.1 Å². The van der Waals surface area contributed by atoms with Gasteiger partial charge in [-0.25, -0.2) is 8.42 Å². The van der Waals surface area contributed by atoms with Crippen molar-refractivity contribution >= 4 is 23.2 Å². The number of ether oxygens (including phenoxy) is 6. The third-order valence-corrected chi connectivity index (χ3v) is 9.18. The number of benzene rings is 2. The van der Waals surface area contributed by atoms with E-state index in [1.165, 1.54) is 34.3 Å². The number of sulfone groups is 1. The fourth-order valence-corrected chi connectivity index (χ4v) is 6.67. The molecule has 0 aromatic heterocycles. The lowest BCUT2D eigenvalue weighted by Crippen LogP contribution is -2.16. The van der Waals surface area contributed by atoms with Gasteiger partial charge in [0.25, 0.3) is 0 Å². The molecule has 0 radical (unpaired) electrons. The summed E-state index contributed by atoms with van der Waals surface area (Å²) < 4.78 is 72.4. The molecule has 2 N–H and O–H groups in total. The first kappa shape index (κ1) is 33.7. The maximum absolute atomic E-state index is 13.4. The molecular formula is C28H39O12PS. The van der Waals surface area contributed by atoms with Gasteiger partial charge in [0.05, 0.1) is 52.9 Å². The normalized spacial score (nSPS) is 17.1. The van der Waals surface area contributed by atoms with Gasteiger partial charge in [0.15, 0.2) is 32.8 Å². The van der Waals surface area contributed by atoms with Crippen molar-refractivity contribution < 1.29 is 56.0 Å². The summed E-state index contributed by atoms with van der Waals surface area (Å²) in [6, 6.07) is 6.67. The van der Waals surface area contributed by atoms with Gasteiger partial charge in [-0.15, -0.1) is 0 Å². The highest BCUT2D eigenvalue weighted by molar-refractivity contribution is 7.92. The fraction of sp³-hybridized carbons (Fsp3) is 0.536. The highest BCUT2D eigenvalue weighted by Gasteiger charge is 2.33. The van der Waals surface area contributed by atoms with Gasteiger partial charge in [0.1, 0.15) is 16.4 Å². The molecule has 0 saturated carbocycles. The number of Topliss-reactive ketones (excluding diaryl/α,β-unsaturated/α-hetero) is 1. The lowest BCUT2D eigenvalue weighted by Gasteiger charge is -2.21. The van der Waals surface area contributed by atoms with Crippen molar-refractivity contribution in [1.82, 2.24) is 0 Å². The van der Waals surface area contributed by atoms with Gasteiger partial charge in [-0.3, -0.25) is 9.36 Å². The highest BCUT2D eigenvalue weighted by Crippen LogP contribution is 2.48. The van der Waals surface area contributed by atoms with Gasteiger partial charge in [-0.05, 0) is 68.0 Å². The predicted octanol–water partition coefficient (Wildman–Crippen LogP) is 4.40. The largest absolute Gasteiger partial charge is 0.493 e. The summed E-state index contributed by atoms with van der Waals surface area (Å²) in [4.78, 5) is 30.1. The number of hydrogen-bond donors (Lipinski definition) is 2. The molecule has 0 aliphatic carbocycles. The minimum absolute atomic E-state index is 0.0282. The third kappa shape index (κ3) is 8.61. The zero-order valence-electron chi connectivity index (χ0n) is 24.5. The molecule has 0 bridgehead atoms. The van der Waals surface area contributed by atoms with Crippen LogP contribution in [0, 0.1) is 0 Å². The molecule has 14 heteroatoms. The number of hydrogen-bond acceptors (Lipinski definition) is 10. The first-order valence-corrected chi connectivity index (χ1v) is 16.9. The minimum atomic E-state index is -4.24. The summed E-state index contributed by atoms with van der Waals surface area (Å²) in [5.41, 5.74) is 1.29. The van der Waals surface area contributed by atoms with Gasteiger partial charge in [0, 0.05) is 0 Å². The molecule has 2 aromatic carbocycles. The molecule has 42 heavy (non-hydrogen) atoms. The van der Waals surface area contributed by atoms with E-state index in [1.54, 1.807) is 18.2 Å². The van der Waals surface area contributed by atoms with Gasteiger partial charge < -0.3 is 38.2 Å². The molecule has 234 valence electrons. The van der Waals surface area contributed by atoms with Crippen LogP contribution in [0.5, 0.6) is 28.7 Å². The average molecular weight is 631 g/mol. The second-order valence-electron chi connectivity index (χ2n) is 9.90. The van der Waals surface area contributed by atoms with Crippen LogP contribution < -0.4 is 23.7 Å². The number of rotatable bonds is 16. The quantitative estimate of drug-likeness (QED) is 0.199. The molecule has 0 amide bonds. The number of methoxy groups -OCH3 is 3. The summed E-state index contributed by atoms with van der Waals surface area (Å²) in [6.07, 6.45) is 0.456. The maximum Gasteiger partial charge on any atom is 0.325 e. The fourth-order valence-electron chi connectivity index (χ4n) is 4.68. The third-order valence-electron chi connectivity index (χ3n) is 6.52. The topological polar surface area (TPSA) is 164 Å². The second-order valence-corrected chi connectivity index (χ2v) is 13.6. The van der Waals surface area contributed by atoms with E-state index in [-0.39, 0.29) is 42.1 Å². The molecule has 2 atom stereocenters. The Balaban J connectivity index is 2.02. The van der Waals surface area contributed by atoms with Crippen LogP contribution >= 0.6 is 7.60 Å². The van der Waals surface area contributed by atoms with Crippen molar-refractivity contribution in [3.05, 3.63) is 35.4 Å². The molecule has 0 unspecified atom stereocenters. The van der Waals surface area contributed by atoms with E-state index >= 15 is 0 Å². The Morgan fingerprint density at radius 3 is 1.98 bits per heavy atom. The summed E-state index contributed by atoms with van der Waals surface area (Å²) in [7, 11) is -3.81. The van der Waals surface area contributed by atoms with Crippen LogP contribution in [0.1, 0.15) is 62.9 Å². The second kappa shape index (κ2) is 14.6. The van der Waals surface area contributed by atoms with Crippen LogP contribution in [0.2, 0.25) is 0 Å². The van der Waals surface area contributed by atoms with E-state index in [2.05, 4.69) is 0 Å². The molecule has 0 spiro atoms. The number of ketones is 1. The van der Waals surface area contributed by atoms with E-state index in [9.17, 15) is 27.6 Å². The monoisotopic (exact) mass is 630 g/mol. The van der Waals surface area contributed by atoms with Crippen LogP contribution in [0.25, 0.3) is 0 Å². The predicted molar refractivity (Wildman–Crippen MR) is 154 cm³/mol. The van der Waals surface area contributed by atoms with Crippen molar-refractivity contribution in [2.24, 2.45) is 0 Å². The smallest absolute Gasteiger partial charge is 0.325 e. The Morgan fingerprint density at radius 1 is 0.905 bits per heavy atom. The molecule has 1 aliphatic rings. The standard InChI is InChI=1S/C28H39O12PS/c1-6-10-39-28-25(38-11-7-12-41(30,31)32)15-20(16-26(28)42(33,34)17-18(2)29)22-9-8-21(40-22)19-13-23(35-3)27(37-5)24(14-19)36-4/h13-16,21-22H,6-12,17H2,1-5H3,(H2,30,31,32)/t21-,22-/m1/s1. The zero-order valence-corrected chi connectivity index (χ0v) is 26.2. The molecule has 1 heterocycles. The molecule has 1 saturated heterocycles. The van der Waals surface area contributed by atoms with Crippen LogP contribution in [0.15, 0.2) is 29.2 Å². The molecule has 12 nitrogen and oxygen atoms in total. The molecule has 2 aromatic rings. The van der Waals surface area contributed by atoms with Gasteiger partial charge in [-0.2, -0.15) is 0 Å². The van der Waals surface area contributed by atoms with E-state index in [4.69, 9.17) is 28.4 Å². The average Bonchev–Trinajstić information content (AvgIpc) is 3.42. The Kier molecular flexibility index (Phi) is 11.7. The van der Waals surface area contributed by atoms with Crippen LogP contribution in [-0.4, -0.2) is 70.4 Å². The van der Waals surface area contributed by atoms with E-state index in [0.717, 1.165) is 5.56 Å².